The van der Waals surface area contributed by atoms with Gasteiger partial charge in [-0.1, -0.05) is 12.2 Å². The highest BCUT2D eigenvalue weighted by Crippen LogP contribution is 2.50. The number of H-pyrrole nitrogens is 1. The van der Waals surface area contributed by atoms with Gasteiger partial charge in [0.05, 0.1) is 39.6 Å². The summed E-state index contributed by atoms with van der Waals surface area (Å²) in [5.74, 6) is -0.166. The maximum absolute atomic E-state index is 13.8. The number of amides is 1. The van der Waals surface area contributed by atoms with E-state index in [-0.39, 0.29) is 23.5 Å². The highest BCUT2D eigenvalue weighted by atomic mass is 35.5. The van der Waals surface area contributed by atoms with Gasteiger partial charge < -0.3 is 33.9 Å². The van der Waals surface area contributed by atoms with E-state index in [1.165, 1.54) is 34.5 Å². The molecule has 2 atom stereocenters. The highest BCUT2D eigenvalue weighted by molar-refractivity contribution is 6.19. The van der Waals surface area contributed by atoms with E-state index in [4.69, 9.17) is 30.5 Å². The van der Waals surface area contributed by atoms with Crippen LogP contribution in [-0.2, 0) is 9.53 Å². The quantitative estimate of drug-likeness (QED) is 0.377. The Kier molecular flexibility index (Phi) is 5.96. The number of hydrogen-bond acceptors (Lipinski definition) is 7. The van der Waals surface area contributed by atoms with Crippen molar-refractivity contribution in [2.45, 2.75) is 11.8 Å². The molecule has 0 radical (unpaired) electrons. The molecular weight excluding hydrogens is 488 g/mol. The Hall–Kier alpha value is -3.85. The van der Waals surface area contributed by atoms with Crippen LogP contribution in [0.25, 0.3) is 17.0 Å². The van der Waals surface area contributed by atoms with E-state index in [0.29, 0.717) is 57.2 Å². The first-order valence-corrected chi connectivity index (χ1v) is 11.8. The molecule has 1 aliphatic heterocycles. The summed E-state index contributed by atoms with van der Waals surface area (Å²) in [4.78, 5) is 30.8. The maximum atomic E-state index is 13.8. The van der Waals surface area contributed by atoms with E-state index in [9.17, 15) is 14.7 Å². The molecule has 0 saturated carbocycles. The zero-order chi connectivity index (χ0) is 25.7. The van der Waals surface area contributed by atoms with Crippen molar-refractivity contribution in [2.24, 2.45) is 0 Å². The van der Waals surface area contributed by atoms with Crippen molar-refractivity contribution in [2.75, 3.05) is 45.8 Å². The number of phenolic OH excluding ortho intramolecular Hbond substituents is 1. The van der Waals surface area contributed by atoms with E-state index in [1.807, 2.05) is 0 Å². The molecule has 188 valence electrons. The van der Waals surface area contributed by atoms with Crippen LogP contribution in [0.15, 0.2) is 24.3 Å². The van der Waals surface area contributed by atoms with Crippen molar-refractivity contribution < 1.29 is 33.6 Å². The summed E-state index contributed by atoms with van der Waals surface area (Å²) < 4.78 is 21.3. The van der Waals surface area contributed by atoms with Gasteiger partial charge in [0.25, 0.3) is 5.91 Å². The number of nitrogens with zero attached hydrogens (tertiary/aromatic N) is 1. The lowest BCUT2D eigenvalue weighted by Gasteiger charge is -2.19. The Morgan fingerprint density at radius 2 is 1.83 bits per heavy atom. The van der Waals surface area contributed by atoms with E-state index in [0.717, 1.165) is 5.56 Å². The van der Waals surface area contributed by atoms with Crippen LogP contribution in [0.5, 0.6) is 23.0 Å². The number of fused-ring (bicyclic) bond motifs is 4. The lowest BCUT2D eigenvalue weighted by atomic mass is 9.91. The van der Waals surface area contributed by atoms with Gasteiger partial charge in [0.2, 0.25) is 5.75 Å². The third kappa shape index (κ3) is 3.37. The molecule has 0 bridgehead atoms. The van der Waals surface area contributed by atoms with Gasteiger partial charge in [-0.3, -0.25) is 9.59 Å². The second-order valence-corrected chi connectivity index (χ2v) is 8.88. The number of rotatable bonds is 6. The van der Waals surface area contributed by atoms with E-state index in [2.05, 4.69) is 4.98 Å². The molecule has 1 aliphatic carbocycles. The van der Waals surface area contributed by atoms with Gasteiger partial charge in [0, 0.05) is 35.4 Å². The number of phenols is 1. The fraction of sp³-hybridized carbons (Fsp3) is 0.308. The number of esters is 1. The van der Waals surface area contributed by atoms with Crippen LogP contribution in [0, 0.1) is 0 Å². The first-order valence-electron chi connectivity index (χ1n) is 11.2. The normalized spacial score (nSPS) is 17.8. The monoisotopic (exact) mass is 512 g/mol. The number of aromatic amines is 1. The molecule has 0 fully saturated rings. The molecule has 3 aromatic rings. The molecular formula is C26H25ClN2O7. The second kappa shape index (κ2) is 8.98. The third-order valence-electron chi connectivity index (χ3n) is 6.81. The van der Waals surface area contributed by atoms with Crippen molar-refractivity contribution in [1.29, 1.82) is 0 Å². The minimum atomic E-state index is -0.706. The molecule has 1 unspecified atom stereocenters. The van der Waals surface area contributed by atoms with Gasteiger partial charge in [-0.25, -0.2) is 0 Å². The number of methoxy groups -OCH3 is 4. The minimum Gasteiger partial charge on any atom is -0.508 e. The van der Waals surface area contributed by atoms with E-state index in [1.54, 1.807) is 29.2 Å². The lowest BCUT2D eigenvalue weighted by molar-refractivity contribution is -0.141. The number of carbonyl (C=O) groups excluding carboxylic acids is 2. The average molecular weight is 513 g/mol. The van der Waals surface area contributed by atoms with Crippen LogP contribution in [-0.4, -0.2) is 62.8 Å². The van der Waals surface area contributed by atoms with Crippen molar-refractivity contribution in [3.05, 3.63) is 46.7 Å². The number of nitrogens with one attached hydrogen (secondary N) is 1. The molecule has 2 aliphatic rings. The maximum Gasteiger partial charge on any atom is 0.317 e. The first kappa shape index (κ1) is 23.9. The largest absolute Gasteiger partial charge is 0.508 e. The molecule has 9 nitrogen and oxygen atoms in total. The SMILES string of the molecule is COC(=O)C1C=Cc2c1c(O)cc1c2[C@H](CCl)CN1C(=O)c1cc2cc(OC)c(OC)c(OC)c2[nH]1. The zero-order valence-corrected chi connectivity index (χ0v) is 20.9. The van der Waals surface area contributed by atoms with E-state index >= 15 is 0 Å². The summed E-state index contributed by atoms with van der Waals surface area (Å²) in [6, 6.07) is 5.01. The smallest absolute Gasteiger partial charge is 0.317 e. The molecule has 2 heterocycles. The van der Waals surface area contributed by atoms with Gasteiger partial charge in [0.15, 0.2) is 11.5 Å². The molecule has 1 amide bonds. The highest BCUT2D eigenvalue weighted by Gasteiger charge is 2.40. The van der Waals surface area contributed by atoms with Crippen LogP contribution in [0.4, 0.5) is 5.69 Å². The molecule has 2 aromatic carbocycles. The van der Waals surface area contributed by atoms with Crippen molar-refractivity contribution in [3.8, 4) is 23.0 Å². The molecule has 0 spiro atoms. The topological polar surface area (TPSA) is 110 Å². The van der Waals surface area contributed by atoms with Crippen LogP contribution in [0.2, 0.25) is 0 Å². The van der Waals surface area contributed by atoms with Crippen LogP contribution in [0.3, 0.4) is 0 Å². The number of ether oxygens (including phenoxy) is 4. The van der Waals surface area contributed by atoms with Gasteiger partial charge in [0.1, 0.15) is 17.4 Å². The van der Waals surface area contributed by atoms with E-state index < -0.39 is 11.9 Å². The van der Waals surface area contributed by atoms with Gasteiger partial charge in [-0.05, 0) is 23.3 Å². The Balaban J connectivity index is 1.60. The number of anilines is 1. The summed E-state index contributed by atoms with van der Waals surface area (Å²) in [5, 5.41) is 11.6. The van der Waals surface area contributed by atoms with Crippen LogP contribution in [0.1, 0.15) is 39.0 Å². The molecule has 10 heteroatoms. The number of aromatic nitrogens is 1. The Morgan fingerprint density at radius 3 is 2.47 bits per heavy atom. The summed E-state index contributed by atoms with van der Waals surface area (Å²) in [7, 11) is 5.86. The lowest BCUT2D eigenvalue weighted by Crippen LogP contribution is -2.30. The Labute approximate surface area is 212 Å². The van der Waals surface area contributed by atoms with Crippen molar-refractivity contribution in [3.63, 3.8) is 0 Å². The summed E-state index contributed by atoms with van der Waals surface area (Å²) in [6.45, 7) is 0.323. The second-order valence-electron chi connectivity index (χ2n) is 8.58. The third-order valence-corrected chi connectivity index (χ3v) is 7.18. The molecule has 36 heavy (non-hydrogen) atoms. The molecule has 5 rings (SSSR count). The van der Waals surface area contributed by atoms with Gasteiger partial charge in [-0.15, -0.1) is 11.6 Å². The molecule has 1 aromatic heterocycles. The summed E-state index contributed by atoms with van der Waals surface area (Å²) >= 11 is 6.32. The van der Waals surface area contributed by atoms with Crippen LogP contribution < -0.4 is 19.1 Å². The number of aromatic hydroxyl groups is 1. The average Bonchev–Trinajstić information content (AvgIpc) is 3.61. The number of halogens is 1. The number of carbonyl (C=O) groups is 2. The van der Waals surface area contributed by atoms with Gasteiger partial charge >= 0.3 is 5.97 Å². The minimum absolute atomic E-state index is 0.0787. The number of benzene rings is 2. The number of hydrogen-bond donors (Lipinski definition) is 2. The van der Waals surface area contributed by atoms with Crippen LogP contribution >= 0.6 is 11.6 Å². The summed E-state index contributed by atoms with van der Waals surface area (Å²) in [6.07, 6.45) is 3.48. The van der Waals surface area contributed by atoms with Crippen molar-refractivity contribution >= 4 is 46.1 Å². The summed E-state index contributed by atoms with van der Waals surface area (Å²) in [5.41, 5.74) is 3.47. The zero-order valence-electron chi connectivity index (χ0n) is 20.2. The first-order chi connectivity index (χ1) is 17.4. The Bertz CT molecular complexity index is 1430. The molecule has 2 N–H and O–H groups in total. The van der Waals surface area contributed by atoms with Gasteiger partial charge in [-0.2, -0.15) is 0 Å². The molecule has 0 saturated heterocycles. The fourth-order valence-electron chi connectivity index (χ4n) is 5.21. The van der Waals surface area contributed by atoms with Crippen molar-refractivity contribution in [1.82, 2.24) is 4.98 Å². The number of alkyl halides is 1. The standard InChI is InChI=1S/C26H25ClN2O7/c1-33-19-8-12-7-16(28-22(12)24(35-3)23(19)34-2)25(31)29-11-13(10-27)20-14-5-6-15(26(32)36-4)21(14)18(30)9-17(20)29/h5-9,13,15,28,30H,10-11H2,1-4H3/t13-,15?/m1/s1. The predicted octanol–water partition coefficient (Wildman–Crippen LogP) is 4.17. The predicted molar refractivity (Wildman–Crippen MR) is 135 cm³/mol. The fourth-order valence-corrected chi connectivity index (χ4v) is 5.46. The Morgan fingerprint density at radius 1 is 1.08 bits per heavy atom.